The predicted octanol–water partition coefficient (Wildman–Crippen LogP) is 3.95. The lowest BCUT2D eigenvalue weighted by molar-refractivity contribution is -0.184. The van der Waals surface area contributed by atoms with Gasteiger partial charge in [0.1, 0.15) is 5.57 Å². The van der Waals surface area contributed by atoms with E-state index in [9.17, 15) is 14.0 Å². The van der Waals surface area contributed by atoms with Crippen molar-refractivity contribution in [3.05, 3.63) is 11.5 Å². The van der Waals surface area contributed by atoms with E-state index < -0.39 is 11.6 Å². The summed E-state index contributed by atoms with van der Waals surface area (Å²) < 4.78 is 26.2. The molecule has 0 radical (unpaired) electrons. The van der Waals surface area contributed by atoms with Gasteiger partial charge in [-0.1, -0.05) is 19.3 Å². The van der Waals surface area contributed by atoms with Crippen molar-refractivity contribution in [2.75, 3.05) is 39.4 Å². The number of halogens is 1. The summed E-state index contributed by atoms with van der Waals surface area (Å²) in [6, 6.07) is 0.226. The first-order valence-corrected chi connectivity index (χ1v) is 15.9. The number of nitrogens with zero attached hydrogens (tertiary/aromatic N) is 1. The number of nitrogens with one attached hydrogen (secondary N) is 3. The van der Waals surface area contributed by atoms with E-state index in [4.69, 9.17) is 14.9 Å². The smallest absolute Gasteiger partial charge is 0.343 e. The highest BCUT2D eigenvalue weighted by atomic mass is 19.1. The van der Waals surface area contributed by atoms with Gasteiger partial charge in [-0.05, 0) is 80.5 Å². The summed E-state index contributed by atoms with van der Waals surface area (Å²) in [4.78, 5) is 27.7. The number of rotatable bonds is 12. The molecular formula is C31H47FN4O4. The van der Waals surface area contributed by atoms with Crippen LogP contribution in [0.4, 0.5) is 4.39 Å². The zero-order valence-electron chi connectivity index (χ0n) is 24.0. The molecule has 6 aliphatic rings. The van der Waals surface area contributed by atoms with Crippen molar-refractivity contribution in [3.63, 3.8) is 0 Å². The number of fused-ring (bicyclic) bond motifs is 1. The van der Waals surface area contributed by atoms with Crippen molar-refractivity contribution in [1.82, 2.24) is 15.5 Å². The molecule has 5 saturated carbocycles. The van der Waals surface area contributed by atoms with E-state index in [0.717, 1.165) is 30.9 Å². The molecule has 8 nitrogen and oxygen atoms in total. The van der Waals surface area contributed by atoms with E-state index in [-0.39, 0.29) is 37.0 Å². The molecular weight excluding hydrogens is 511 g/mol. The summed E-state index contributed by atoms with van der Waals surface area (Å²) in [6.07, 6.45) is 12.5. The Balaban J connectivity index is 1.07. The molecule has 6 atom stereocenters. The minimum atomic E-state index is -1.90. The second-order valence-electron chi connectivity index (χ2n) is 13.4. The molecule has 6 unspecified atom stereocenters. The Bertz CT molecular complexity index is 1020. The Hall–Kier alpha value is -2.16. The monoisotopic (exact) mass is 558 g/mol. The van der Waals surface area contributed by atoms with Crippen LogP contribution in [0.3, 0.4) is 0 Å². The SMILES string of the molecule is CCOC(=O)C1(F)CCN(CCN/C(OCC2CCCCC2)=C(\C=N)C(=O)NC2C3CC4CC5CC2C45C3)CC1. The first-order valence-electron chi connectivity index (χ1n) is 15.9. The quantitative estimate of drug-likeness (QED) is 0.145. The summed E-state index contributed by atoms with van der Waals surface area (Å²) in [5.41, 5.74) is -1.12. The molecule has 0 aromatic carbocycles. The lowest BCUT2D eigenvalue weighted by Gasteiger charge is -2.67. The largest absolute Gasteiger partial charge is 0.478 e. The minimum absolute atomic E-state index is 0.119. The van der Waals surface area contributed by atoms with Crippen molar-refractivity contribution in [3.8, 4) is 0 Å². The van der Waals surface area contributed by atoms with Gasteiger partial charge in [0.2, 0.25) is 11.6 Å². The molecule has 1 aliphatic heterocycles. The molecule has 3 N–H and O–H groups in total. The first-order chi connectivity index (χ1) is 19.4. The Morgan fingerprint density at radius 3 is 2.50 bits per heavy atom. The number of piperidine rings is 1. The number of esters is 1. The Labute approximate surface area is 237 Å². The molecule has 0 aromatic rings. The van der Waals surface area contributed by atoms with Crippen LogP contribution in [0, 0.1) is 40.4 Å². The van der Waals surface area contributed by atoms with Crippen LogP contribution in [-0.4, -0.2) is 74.1 Å². The van der Waals surface area contributed by atoms with E-state index in [0.29, 0.717) is 61.8 Å². The molecule has 1 heterocycles. The summed E-state index contributed by atoms with van der Waals surface area (Å²) in [5.74, 6) is 2.86. The third kappa shape index (κ3) is 4.84. The van der Waals surface area contributed by atoms with Gasteiger partial charge in [0.05, 0.1) is 13.2 Å². The lowest BCUT2D eigenvalue weighted by atomic mass is 9.38. The fourth-order valence-corrected chi connectivity index (χ4v) is 9.41. The zero-order valence-corrected chi connectivity index (χ0v) is 24.0. The fraction of sp³-hybridized carbons (Fsp3) is 0.839. The number of carbonyl (C=O) groups is 2. The van der Waals surface area contributed by atoms with E-state index in [2.05, 4.69) is 15.5 Å². The molecule has 1 saturated heterocycles. The Kier molecular flexibility index (Phi) is 7.87. The average Bonchev–Trinajstić information content (AvgIpc) is 3.45. The first kappa shape index (κ1) is 28.0. The Morgan fingerprint density at radius 2 is 1.82 bits per heavy atom. The highest BCUT2D eigenvalue weighted by Crippen LogP contribution is 2.81. The number of hydrogen-bond donors (Lipinski definition) is 3. The summed E-state index contributed by atoms with van der Waals surface area (Å²) in [6.45, 7) is 4.47. The number of amides is 1. The van der Waals surface area contributed by atoms with Crippen molar-refractivity contribution in [1.29, 1.82) is 5.41 Å². The van der Waals surface area contributed by atoms with Gasteiger partial charge in [-0.25, -0.2) is 9.18 Å². The molecule has 1 spiro atoms. The van der Waals surface area contributed by atoms with Crippen LogP contribution >= 0.6 is 0 Å². The van der Waals surface area contributed by atoms with Crippen molar-refractivity contribution in [2.24, 2.45) is 35.0 Å². The fourth-order valence-electron chi connectivity index (χ4n) is 9.41. The van der Waals surface area contributed by atoms with Crippen molar-refractivity contribution in [2.45, 2.75) is 89.3 Å². The van der Waals surface area contributed by atoms with Gasteiger partial charge in [0, 0.05) is 51.3 Å². The average molecular weight is 559 g/mol. The van der Waals surface area contributed by atoms with Crippen LogP contribution in [0.2, 0.25) is 0 Å². The topological polar surface area (TPSA) is 104 Å². The number of ether oxygens (including phenoxy) is 2. The maximum absolute atomic E-state index is 15.0. The number of alkyl halides is 1. The van der Waals surface area contributed by atoms with Gasteiger partial charge < -0.3 is 30.4 Å². The molecule has 6 rings (SSSR count). The number of likely N-dealkylation sites (tertiary alicyclic amines) is 1. The van der Waals surface area contributed by atoms with E-state index in [1.54, 1.807) is 6.92 Å². The van der Waals surface area contributed by atoms with Crippen LogP contribution in [-0.2, 0) is 19.1 Å². The zero-order chi connectivity index (χ0) is 27.9. The van der Waals surface area contributed by atoms with Crippen molar-refractivity contribution >= 4 is 18.1 Å². The predicted molar refractivity (Wildman–Crippen MR) is 149 cm³/mol. The van der Waals surface area contributed by atoms with Gasteiger partial charge in [-0.2, -0.15) is 0 Å². The maximum atomic E-state index is 15.0. The number of hydrogen-bond acceptors (Lipinski definition) is 7. The van der Waals surface area contributed by atoms with Crippen LogP contribution in [0.25, 0.3) is 0 Å². The second kappa shape index (κ2) is 11.3. The van der Waals surface area contributed by atoms with Gasteiger partial charge in [0.25, 0.3) is 5.91 Å². The van der Waals surface area contributed by atoms with E-state index in [1.807, 2.05) is 0 Å². The van der Waals surface area contributed by atoms with Gasteiger partial charge >= 0.3 is 5.97 Å². The molecule has 40 heavy (non-hydrogen) atoms. The minimum Gasteiger partial charge on any atom is -0.478 e. The van der Waals surface area contributed by atoms with Gasteiger partial charge in [-0.15, -0.1) is 0 Å². The Morgan fingerprint density at radius 1 is 1.07 bits per heavy atom. The summed E-state index contributed by atoms with van der Waals surface area (Å²) in [7, 11) is 0. The highest BCUT2D eigenvalue weighted by molar-refractivity contribution is 6.11. The summed E-state index contributed by atoms with van der Waals surface area (Å²) in [5, 5.41) is 14.8. The van der Waals surface area contributed by atoms with Crippen LogP contribution in [0.1, 0.15) is 77.6 Å². The summed E-state index contributed by atoms with van der Waals surface area (Å²) >= 11 is 0. The van der Waals surface area contributed by atoms with E-state index in [1.165, 1.54) is 44.9 Å². The molecule has 9 heteroatoms. The molecule has 2 bridgehead atoms. The van der Waals surface area contributed by atoms with Crippen molar-refractivity contribution < 1.29 is 23.5 Å². The molecule has 5 aliphatic carbocycles. The normalized spacial score (nSPS) is 36.4. The van der Waals surface area contributed by atoms with Gasteiger partial charge in [-0.3, -0.25) is 4.79 Å². The van der Waals surface area contributed by atoms with Crippen LogP contribution < -0.4 is 10.6 Å². The lowest BCUT2D eigenvalue weighted by Crippen LogP contribution is -2.65. The molecule has 6 fully saturated rings. The third-order valence-electron chi connectivity index (χ3n) is 11.6. The van der Waals surface area contributed by atoms with Crippen LogP contribution in [0.5, 0.6) is 0 Å². The third-order valence-corrected chi connectivity index (χ3v) is 11.6. The number of carbonyl (C=O) groups excluding carboxylic acids is 2. The van der Waals surface area contributed by atoms with Crippen LogP contribution in [0.15, 0.2) is 11.5 Å². The standard InChI is InChI=1S/C31H47FN4O4/c1-2-39-29(38)30(32)8-11-36(12-9-30)13-10-34-28(40-19-20-6-4-3-5-7-20)24(18-33)27(37)35-26-21-14-22-15-23-16-25(26)31(22,23)17-21/h18,20-23,25-26,33-34H,2-17,19H2,1H3,(H,35,37)/b28-24-,33-18?. The highest BCUT2D eigenvalue weighted by Gasteiger charge is 2.76. The van der Waals surface area contributed by atoms with E-state index >= 15 is 0 Å². The molecule has 1 amide bonds. The van der Waals surface area contributed by atoms with Gasteiger partial charge in [0.15, 0.2) is 0 Å². The molecule has 0 aromatic heterocycles. The molecule has 222 valence electrons. The maximum Gasteiger partial charge on any atom is 0.343 e. The second-order valence-corrected chi connectivity index (χ2v) is 13.4.